The van der Waals surface area contributed by atoms with Crippen molar-refractivity contribution >= 4 is 35.3 Å². The summed E-state index contributed by atoms with van der Waals surface area (Å²) in [4.78, 5) is 26.0. The van der Waals surface area contributed by atoms with Crippen LogP contribution in [-0.2, 0) is 0 Å². The lowest BCUT2D eigenvalue weighted by atomic mass is 10.0. The van der Waals surface area contributed by atoms with Crippen LogP contribution >= 0.6 is 0 Å². The Bertz CT molecular complexity index is 1170. The van der Waals surface area contributed by atoms with E-state index in [0.717, 1.165) is 49.5 Å². The highest BCUT2D eigenvalue weighted by atomic mass is 16.5. The van der Waals surface area contributed by atoms with Gasteiger partial charge in [-0.25, -0.2) is 9.97 Å². The molecule has 1 saturated heterocycles. The minimum absolute atomic E-state index is 0.0876. The summed E-state index contributed by atoms with van der Waals surface area (Å²) in [5, 5.41) is 3.31. The molecule has 0 radical (unpaired) electrons. The number of aromatic nitrogens is 2. The third-order valence-corrected chi connectivity index (χ3v) is 6.23. The van der Waals surface area contributed by atoms with Crippen molar-refractivity contribution in [3.05, 3.63) is 71.5 Å². The van der Waals surface area contributed by atoms with Crippen molar-refractivity contribution in [2.45, 2.75) is 20.3 Å². The molecule has 0 saturated carbocycles. The van der Waals surface area contributed by atoms with Gasteiger partial charge in [-0.15, -0.1) is 0 Å². The van der Waals surface area contributed by atoms with E-state index in [2.05, 4.69) is 50.2 Å². The van der Waals surface area contributed by atoms with E-state index in [1.165, 1.54) is 5.69 Å². The van der Waals surface area contributed by atoms with Crippen LogP contribution in [0.5, 0.6) is 5.75 Å². The Hall–Kier alpha value is -3.71. The Morgan fingerprint density at radius 1 is 1.00 bits per heavy atom. The summed E-state index contributed by atoms with van der Waals surface area (Å²) in [5.74, 6) is 1.30. The van der Waals surface area contributed by atoms with Gasteiger partial charge in [0.25, 0.3) is 0 Å². The molecular formula is C28H33N5O2. The summed E-state index contributed by atoms with van der Waals surface area (Å²) < 4.78 is 5.35. The van der Waals surface area contributed by atoms with Gasteiger partial charge >= 0.3 is 0 Å². The number of hydrogen-bond acceptors (Lipinski definition) is 7. The van der Waals surface area contributed by atoms with Crippen LogP contribution < -0.4 is 15.0 Å². The summed E-state index contributed by atoms with van der Waals surface area (Å²) in [6.07, 6.45) is 7.87. The smallest absolute Gasteiger partial charge is 0.227 e. The molecule has 0 unspecified atom stereocenters. The van der Waals surface area contributed by atoms with Gasteiger partial charge in [-0.1, -0.05) is 32.1 Å². The molecule has 0 bridgehead atoms. The molecule has 0 aliphatic carbocycles. The third kappa shape index (κ3) is 6.45. The second-order valence-electron chi connectivity index (χ2n) is 8.54. The lowest BCUT2D eigenvalue weighted by molar-refractivity contribution is 0.0988. The highest BCUT2D eigenvalue weighted by Crippen LogP contribution is 2.23. The summed E-state index contributed by atoms with van der Waals surface area (Å²) >= 11 is 0. The minimum atomic E-state index is 0.0876. The number of ketones is 1. The number of nitrogens with one attached hydrogen (secondary N) is 1. The van der Waals surface area contributed by atoms with Gasteiger partial charge in [0, 0.05) is 67.5 Å². The average Bonchev–Trinajstić information content (AvgIpc) is 2.92. The van der Waals surface area contributed by atoms with Gasteiger partial charge in [0.15, 0.2) is 5.78 Å². The molecule has 1 N–H and O–H groups in total. The van der Waals surface area contributed by atoms with Crippen molar-refractivity contribution in [2.75, 3.05) is 50.1 Å². The van der Waals surface area contributed by atoms with Crippen molar-refractivity contribution in [1.29, 1.82) is 0 Å². The molecule has 2 heterocycles. The van der Waals surface area contributed by atoms with Crippen molar-refractivity contribution in [3.63, 3.8) is 0 Å². The Morgan fingerprint density at radius 3 is 2.43 bits per heavy atom. The Kier molecular flexibility index (Phi) is 8.11. The fraction of sp³-hybridized carbons (Fsp3) is 0.321. The van der Waals surface area contributed by atoms with Crippen LogP contribution in [0.15, 0.2) is 54.9 Å². The van der Waals surface area contributed by atoms with Crippen molar-refractivity contribution in [3.8, 4) is 5.75 Å². The van der Waals surface area contributed by atoms with E-state index in [-0.39, 0.29) is 5.78 Å². The van der Waals surface area contributed by atoms with Gasteiger partial charge in [-0.2, -0.15) is 0 Å². The quantitative estimate of drug-likeness (QED) is 0.434. The number of anilines is 3. The van der Waals surface area contributed by atoms with E-state index in [9.17, 15) is 4.79 Å². The standard InChI is InChI=1S/C28H33N5O2/c1-4-27(34)23-15-21(16-26(17-23)35-3)9-10-22-19-29-28(30-20-22)31-24-7-6-8-25(18-24)33-13-11-32(5-2)12-14-33/h6-10,15-20H,4-5,11-14H2,1-3H3,(H,29,30,31)/b10-9+. The number of likely N-dealkylation sites (N-methyl/N-ethyl adjacent to an activating group) is 1. The van der Waals surface area contributed by atoms with Crippen LogP contribution in [0.4, 0.5) is 17.3 Å². The zero-order valence-electron chi connectivity index (χ0n) is 20.7. The SMILES string of the molecule is CCC(=O)c1cc(/C=C/c2cnc(Nc3cccc(N4CCN(CC)CC4)c3)nc2)cc(OC)c1. The average molecular weight is 472 g/mol. The van der Waals surface area contributed by atoms with Gasteiger partial charge in [-0.3, -0.25) is 4.79 Å². The molecule has 0 atom stereocenters. The van der Waals surface area contributed by atoms with E-state index >= 15 is 0 Å². The number of methoxy groups -OCH3 is 1. The second-order valence-corrected chi connectivity index (χ2v) is 8.54. The first-order valence-corrected chi connectivity index (χ1v) is 12.1. The molecule has 0 spiro atoms. The summed E-state index contributed by atoms with van der Waals surface area (Å²) in [6.45, 7) is 9.44. The lowest BCUT2D eigenvalue weighted by Gasteiger charge is -2.35. The monoisotopic (exact) mass is 471 g/mol. The van der Waals surface area contributed by atoms with Crippen molar-refractivity contribution < 1.29 is 9.53 Å². The molecule has 35 heavy (non-hydrogen) atoms. The number of piperazine rings is 1. The maximum atomic E-state index is 12.1. The fourth-order valence-electron chi connectivity index (χ4n) is 4.11. The molecule has 0 amide bonds. The Morgan fingerprint density at radius 2 is 1.74 bits per heavy atom. The van der Waals surface area contributed by atoms with Crippen LogP contribution in [0.3, 0.4) is 0 Å². The molecule has 7 heteroatoms. The fourth-order valence-corrected chi connectivity index (χ4v) is 4.11. The second kappa shape index (κ2) is 11.6. The molecule has 2 aromatic carbocycles. The molecule has 182 valence electrons. The van der Waals surface area contributed by atoms with Crippen molar-refractivity contribution in [1.82, 2.24) is 14.9 Å². The molecule has 1 aromatic heterocycles. The molecule has 1 aliphatic heterocycles. The highest BCUT2D eigenvalue weighted by molar-refractivity contribution is 5.97. The zero-order valence-corrected chi connectivity index (χ0v) is 20.7. The zero-order chi connectivity index (χ0) is 24.6. The first-order chi connectivity index (χ1) is 17.1. The van der Waals surface area contributed by atoms with Crippen LogP contribution in [0.25, 0.3) is 12.2 Å². The molecule has 7 nitrogen and oxygen atoms in total. The van der Waals surface area contributed by atoms with Crippen molar-refractivity contribution in [2.24, 2.45) is 0 Å². The minimum Gasteiger partial charge on any atom is -0.497 e. The highest BCUT2D eigenvalue weighted by Gasteiger charge is 2.16. The molecular weight excluding hydrogens is 438 g/mol. The Labute approximate surface area is 207 Å². The van der Waals surface area contributed by atoms with E-state index < -0.39 is 0 Å². The molecule has 3 aromatic rings. The van der Waals surface area contributed by atoms with Crippen LogP contribution in [0.2, 0.25) is 0 Å². The maximum absolute atomic E-state index is 12.1. The molecule has 4 rings (SSSR count). The normalized spacial score (nSPS) is 14.3. The third-order valence-electron chi connectivity index (χ3n) is 6.23. The predicted octanol–water partition coefficient (Wildman–Crippen LogP) is 5.13. The number of benzene rings is 2. The number of hydrogen-bond donors (Lipinski definition) is 1. The van der Waals surface area contributed by atoms with E-state index in [4.69, 9.17) is 4.74 Å². The maximum Gasteiger partial charge on any atom is 0.227 e. The largest absolute Gasteiger partial charge is 0.497 e. The number of Topliss-reactive ketones (excluding diaryl/α,β-unsaturated/α-hetero) is 1. The van der Waals surface area contributed by atoms with Gasteiger partial charge in [-0.05, 0) is 48.5 Å². The summed E-state index contributed by atoms with van der Waals surface area (Å²) in [6, 6.07) is 13.9. The predicted molar refractivity (Wildman–Crippen MR) is 143 cm³/mol. The number of carbonyl (C=O) groups excluding carboxylic acids is 1. The molecule has 1 aliphatic rings. The van der Waals surface area contributed by atoms with E-state index in [0.29, 0.717) is 23.7 Å². The lowest BCUT2D eigenvalue weighted by Crippen LogP contribution is -2.46. The molecule has 1 fully saturated rings. The van der Waals surface area contributed by atoms with Gasteiger partial charge < -0.3 is 19.9 Å². The van der Waals surface area contributed by atoms with E-state index in [1.54, 1.807) is 25.6 Å². The topological polar surface area (TPSA) is 70.6 Å². The van der Waals surface area contributed by atoms with Crippen LogP contribution in [-0.4, -0.2) is 60.5 Å². The Balaban J connectivity index is 1.41. The number of nitrogens with zero attached hydrogens (tertiary/aromatic N) is 4. The first-order valence-electron chi connectivity index (χ1n) is 12.1. The van der Waals surface area contributed by atoms with Gasteiger partial charge in [0.2, 0.25) is 5.95 Å². The van der Waals surface area contributed by atoms with Gasteiger partial charge in [0.1, 0.15) is 5.75 Å². The number of rotatable bonds is 9. The van der Waals surface area contributed by atoms with Gasteiger partial charge in [0.05, 0.1) is 7.11 Å². The van der Waals surface area contributed by atoms with Crippen LogP contribution in [0.1, 0.15) is 41.8 Å². The first kappa shape index (κ1) is 24.4. The van der Waals surface area contributed by atoms with Crippen LogP contribution in [0, 0.1) is 0 Å². The number of carbonyl (C=O) groups is 1. The van der Waals surface area contributed by atoms with E-state index in [1.807, 2.05) is 37.3 Å². The summed E-state index contributed by atoms with van der Waals surface area (Å²) in [7, 11) is 1.60. The summed E-state index contributed by atoms with van der Waals surface area (Å²) in [5.41, 5.74) is 4.58. The number of ether oxygens (including phenoxy) is 1.